The van der Waals surface area contributed by atoms with Gasteiger partial charge in [-0.3, -0.25) is 4.79 Å². The summed E-state index contributed by atoms with van der Waals surface area (Å²) in [6.07, 6.45) is 8.29. The first-order valence-electron chi connectivity index (χ1n) is 8.48. The van der Waals surface area contributed by atoms with Gasteiger partial charge in [0.25, 0.3) is 0 Å². The second-order valence-corrected chi connectivity index (χ2v) is 12.9. The summed E-state index contributed by atoms with van der Waals surface area (Å²) in [5, 5.41) is 10.3. The van der Waals surface area contributed by atoms with Crippen molar-refractivity contribution < 1.29 is 9.53 Å². The predicted molar refractivity (Wildman–Crippen MR) is 118 cm³/mol. The number of ether oxygens (including phenoxy) is 1. The van der Waals surface area contributed by atoms with Gasteiger partial charge in [-0.25, -0.2) is 10.0 Å². The molecule has 0 aliphatic rings. The van der Waals surface area contributed by atoms with Gasteiger partial charge in [0.2, 0.25) is 5.78 Å². The van der Waals surface area contributed by atoms with Crippen LogP contribution in [0.15, 0.2) is 40.5 Å². The molecular formula is C20H26BrN3O2S. The number of aromatic nitrogens is 1. The van der Waals surface area contributed by atoms with Gasteiger partial charge in [0.1, 0.15) is 18.4 Å². The second-order valence-electron chi connectivity index (χ2n) is 7.44. The van der Waals surface area contributed by atoms with Crippen molar-refractivity contribution >= 4 is 42.6 Å². The molecule has 27 heavy (non-hydrogen) atoms. The molecule has 5 nitrogen and oxygen atoms in total. The molecule has 0 saturated carbocycles. The minimum Gasteiger partial charge on any atom is -0.382 e. The Balaban J connectivity index is 2.39. The molecule has 0 bridgehead atoms. The standard InChI is InChI=1S/C20H26BrN3O2S/c1-23(2)13-16(12-22)20(25)19-11-15-10-17(21)6-7-18(15)24(19)14-26-8-9-27(3,4)5/h6-7,10-11,13H,8-9,14H2,1-5H3/b16-13+. The zero-order valence-electron chi connectivity index (χ0n) is 16.5. The number of nitriles is 1. The number of halogens is 1. The van der Waals surface area contributed by atoms with Crippen LogP contribution in [0.2, 0.25) is 0 Å². The maximum atomic E-state index is 13.0. The highest BCUT2D eigenvalue weighted by molar-refractivity contribution is 9.10. The van der Waals surface area contributed by atoms with Crippen LogP contribution in [0.5, 0.6) is 0 Å². The summed E-state index contributed by atoms with van der Waals surface area (Å²) < 4.78 is 8.67. The molecule has 0 fully saturated rings. The third kappa shape index (κ3) is 5.86. The van der Waals surface area contributed by atoms with Crippen molar-refractivity contribution in [3.8, 4) is 6.07 Å². The molecule has 0 unspecified atom stereocenters. The van der Waals surface area contributed by atoms with E-state index < -0.39 is 10.0 Å². The van der Waals surface area contributed by atoms with Crippen LogP contribution in [-0.4, -0.2) is 60.5 Å². The lowest BCUT2D eigenvalue weighted by Gasteiger charge is -2.24. The lowest BCUT2D eigenvalue weighted by molar-refractivity contribution is 0.0860. The van der Waals surface area contributed by atoms with Crippen molar-refractivity contribution in [2.24, 2.45) is 0 Å². The molecule has 2 rings (SSSR count). The van der Waals surface area contributed by atoms with Gasteiger partial charge < -0.3 is 14.2 Å². The molecule has 0 aliphatic carbocycles. The maximum absolute atomic E-state index is 13.0. The van der Waals surface area contributed by atoms with Crippen LogP contribution in [0.4, 0.5) is 0 Å². The molecule has 2 aromatic rings. The van der Waals surface area contributed by atoms with E-state index in [4.69, 9.17) is 4.74 Å². The highest BCUT2D eigenvalue weighted by Crippen LogP contribution is 2.33. The van der Waals surface area contributed by atoms with E-state index in [9.17, 15) is 10.1 Å². The van der Waals surface area contributed by atoms with Crippen LogP contribution in [0.25, 0.3) is 10.9 Å². The van der Waals surface area contributed by atoms with Crippen LogP contribution < -0.4 is 0 Å². The molecular weight excluding hydrogens is 426 g/mol. The Morgan fingerprint density at radius 2 is 2.04 bits per heavy atom. The fourth-order valence-corrected chi connectivity index (χ4v) is 3.56. The lowest BCUT2D eigenvalue weighted by atomic mass is 10.1. The van der Waals surface area contributed by atoms with Gasteiger partial charge in [-0.15, -0.1) is 0 Å². The minimum absolute atomic E-state index is 0.0993. The number of nitrogens with zero attached hydrogens (tertiary/aromatic N) is 3. The number of benzene rings is 1. The molecule has 0 radical (unpaired) electrons. The lowest BCUT2D eigenvalue weighted by Crippen LogP contribution is -2.16. The summed E-state index contributed by atoms with van der Waals surface area (Å²) in [6.45, 7) is 0.920. The smallest absolute Gasteiger partial charge is 0.221 e. The average Bonchev–Trinajstić information content (AvgIpc) is 2.92. The SMILES string of the molecule is CN(C)/C=C(\C#N)C(=O)c1cc2cc(Br)ccc2n1COCCS(C)(C)C. The van der Waals surface area contributed by atoms with Gasteiger partial charge in [-0.2, -0.15) is 5.26 Å². The van der Waals surface area contributed by atoms with Crippen molar-refractivity contribution in [1.29, 1.82) is 5.26 Å². The number of hydrogen-bond donors (Lipinski definition) is 0. The predicted octanol–water partition coefficient (Wildman–Crippen LogP) is 4.22. The van der Waals surface area contributed by atoms with Gasteiger partial charge in [-0.05, 0) is 43.0 Å². The van der Waals surface area contributed by atoms with E-state index in [2.05, 4.69) is 34.7 Å². The van der Waals surface area contributed by atoms with Gasteiger partial charge in [0, 0.05) is 35.9 Å². The number of carbonyl (C=O) groups excluding carboxylic acids is 1. The summed E-state index contributed by atoms with van der Waals surface area (Å²) in [6, 6.07) is 9.69. The highest BCUT2D eigenvalue weighted by atomic mass is 79.9. The Hall–Kier alpha value is -1.75. The fraction of sp³-hybridized carbons (Fsp3) is 0.400. The van der Waals surface area contributed by atoms with Crippen LogP contribution in [0.1, 0.15) is 10.5 Å². The summed E-state index contributed by atoms with van der Waals surface area (Å²) in [4.78, 5) is 14.7. The Labute approximate surface area is 171 Å². The monoisotopic (exact) mass is 451 g/mol. The van der Waals surface area contributed by atoms with Crippen molar-refractivity contribution in [2.45, 2.75) is 6.73 Å². The zero-order chi connectivity index (χ0) is 20.2. The third-order valence-electron chi connectivity index (χ3n) is 3.91. The average molecular weight is 452 g/mol. The molecule has 146 valence electrons. The Kier molecular flexibility index (Phi) is 7.15. The molecule has 7 heteroatoms. The quantitative estimate of drug-likeness (QED) is 0.261. The Morgan fingerprint density at radius 3 is 2.63 bits per heavy atom. The molecule has 0 aliphatic heterocycles. The molecule has 1 aromatic heterocycles. The van der Waals surface area contributed by atoms with Crippen LogP contribution in [0, 0.1) is 11.3 Å². The minimum atomic E-state index is -0.636. The van der Waals surface area contributed by atoms with Crippen LogP contribution in [0.3, 0.4) is 0 Å². The Bertz CT molecular complexity index is 904. The maximum Gasteiger partial charge on any atom is 0.221 e. The summed E-state index contributed by atoms with van der Waals surface area (Å²) in [5.74, 6) is 0.703. The number of rotatable bonds is 8. The van der Waals surface area contributed by atoms with E-state index >= 15 is 0 Å². The molecule has 1 heterocycles. The summed E-state index contributed by atoms with van der Waals surface area (Å²) >= 11 is 3.47. The number of hydrogen-bond acceptors (Lipinski definition) is 4. The topological polar surface area (TPSA) is 58.3 Å². The molecule has 0 N–H and O–H groups in total. The fourth-order valence-electron chi connectivity index (χ4n) is 2.57. The molecule has 1 aromatic carbocycles. The van der Waals surface area contributed by atoms with E-state index in [0.29, 0.717) is 12.3 Å². The van der Waals surface area contributed by atoms with Crippen LogP contribution >= 0.6 is 26.0 Å². The zero-order valence-corrected chi connectivity index (χ0v) is 18.9. The normalized spacial score (nSPS) is 12.9. The number of allylic oxidation sites excluding steroid dienone is 1. The van der Waals surface area contributed by atoms with E-state index in [1.54, 1.807) is 25.2 Å². The van der Waals surface area contributed by atoms with E-state index in [1.165, 1.54) is 0 Å². The summed E-state index contributed by atoms with van der Waals surface area (Å²) in [7, 11) is 2.94. The highest BCUT2D eigenvalue weighted by Gasteiger charge is 2.20. The Morgan fingerprint density at radius 1 is 1.33 bits per heavy atom. The number of fused-ring (bicyclic) bond motifs is 1. The number of carbonyl (C=O) groups is 1. The largest absolute Gasteiger partial charge is 0.382 e. The third-order valence-corrected chi connectivity index (χ3v) is 5.79. The van der Waals surface area contributed by atoms with Crippen molar-refractivity contribution in [1.82, 2.24) is 9.47 Å². The first-order valence-corrected chi connectivity index (χ1v) is 12.3. The van der Waals surface area contributed by atoms with Crippen molar-refractivity contribution in [3.63, 3.8) is 0 Å². The molecule has 0 atom stereocenters. The van der Waals surface area contributed by atoms with Gasteiger partial charge >= 0.3 is 0 Å². The molecule has 0 spiro atoms. The van der Waals surface area contributed by atoms with Gasteiger partial charge in [0.15, 0.2) is 0 Å². The van der Waals surface area contributed by atoms with Gasteiger partial charge in [-0.1, -0.05) is 15.9 Å². The first-order chi connectivity index (χ1) is 12.6. The first kappa shape index (κ1) is 21.5. The molecule has 0 amide bonds. The van der Waals surface area contributed by atoms with Crippen molar-refractivity contribution in [2.75, 3.05) is 45.2 Å². The van der Waals surface area contributed by atoms with E-state index in [0.717, 1.165) is 21.1 Å². The van der Waals surface area contributed by atoms with E-state index in [1.807, 2.05) is 34.9 Å². The second kappa shape index (κ2) is 8.96. The van der Waals surface area contributed by atoms with Crippen molar-refractivity contribution in [3.05, 3.63) is 46.2 Å². The molecule has 0 saturated heterocycles. The van der Waals surface area contributed by atoms with Gasteiger partial charge in [0.05, 0.1) is 17.8 Å². The van der Waals surface area contributed by atoms with E-state index in [-0.39, 0.29) is 18.1 Å². The number of Topliss-reactive ketones (excluding diaryl/α,β-unsaturated/α-hetero) is 1. The van der Waals surface area contributed by atoms with Crippen LogP contribution in [-0.2, 0) is 11.5 Å². The summed E-state index contributed by atoms with van der Waals surface area (Å²) in [5.41, 5.74) is 1.47. The number of ketones is 1.